The molecule has 0 aliphatic rings. The fourth-order valence-electron chi connectivity index (χ4n) is 6.17. The van der Waals surface area contributed by atoms with Crippen molar-refractivity contribution in [2.45, 2.75) is 38.6 Å². The molecule has 0 unspecified atom stereocenters. The molecule has 0 aliphatic carbocycles. The first kappa shape index (κ1) is 29.0. The van der Waals surface area contributed by atoms with Crippen LogP contribution >= 0.6 is 0 Å². The van der Waals surface area contributed by atoms with Crippen LogP contribution in [0.3, 0.4) is 0 Å². The van der Waals surface area contributed by atoms with E-state index in [1.807, 2.05) is 0 Å². The summed E-state index contributed by atoms with van der Waals surface area (Å²) >= 11 is 0. The summed E-state index contributed by atoms with van der Waals surface area (Å²) in [5, 5.41) is 0. The van der Waals surface area contributed by atoms with Gasteiger partial charge in [-0.3, -0.25) is 0 Å². The van der Waals surface area contributed by atoms with Crippen LogP contribution in [-0.2, 0) is 11.0 Å². The summed E-state index contributed by atoms with van der Waals surface area (Å²) in [6, 6.07) is 60.7. The molecule has 6 aromatic rings. The molecular formula is C42H40N2. The van der Waals surface area contributed by atoms with E-state index in [1.165, 1.54) is 28.1 Å². The summed E-state index contributed by atoms with van der Waals surface area (Å²) in [5.41, 5.74) is 9.18. The molecule has 0 spiro atoms. The molecule has 2 nitrogen and oxygen atoms in total. The van der Waals surface area contributed by atoms with Crippen molar-refractivity contribution in [3.05, 3.63) is 187 Å². The van der Waals surface area contributed by atoms with E-state index in [0.29, 0.717) is 0 Å². The Morgan fingerprint density at radius 2 is 0.614 bits per heavy atom. The van der Waals surface area contributed by atoms with Crippen LogP contribution in [-0.4, -0.2) is 0 Å². The third-order valence-electron chi connectivity index (χ3n) is 8.78. The normalized spacial score (nSPS) is 11.6. The van der Waals surface area contributed by atoms with Crippen LogP contribution in [0.15, 0.2) is 170 Å². The van der Waals surface area contributed by atoms with Gasteiger partial charge in [0, 0.05) is 33.9 Å². The van der Waals surface area contributed by atoms with Crippen molar-refractivity contribution < 1.29 is 0 Å². The third-order valence-corrected chi connectivity index (χ3v) is 8.78. The van der Waals surface area contributed by atoms with Crippen molar-refractivity contribution in [3.8, 4) is 0 Å². The highest BCUT2D eigenvalue weighted by Gasteiger charge is 2.31. The van der Waals surface area contributed by atoms with Gasteiger partial charge in [-0.15, -0.1) is 0 Å². The minimum Gasteiger partial charge on any atom is -0.332 e. The number of nitrogens with zero attached hydrogens (tertiary/aromatic N) is 2. The summed E-state index contributed by atoms with van der Waals surface area (Å²) in [4.78, 5) is 4.73. The van der Waals surface area contributed by atoms with Crippen LogP contribution in [0.25, 0.3) is 0 Å². The van der Waals surface area contributed by atoms with Crippen molar-refractivity contribution >= 4 is 28.4 Å². The molecule has 2 heteroatoms. The molecule has 0 aliphatic heterocycles. The molecule has 0 saturated heterocycles. The lowest BCUT2D eigenvalue weighted by Crippen LogP contribution is -2.38. The third kappa shape index (κ3) is 5.76. The van der Waals surface area contributed by atoms with Crippen molar-refractivity contribution in [2.75, 3.05) is 9.80 Å². The maximum absolute atomic E-state index is 2.43. The van der Waals surface area contributed by atoms with Crippen LogP contribution in [0.5, 0.6) is 0 Å². The largest absolute Gasteiger partial charge is 0.332 e. The number of benzene rings is 6. The molecule has 0 fully saturated rings. The lowest BCUT2D eigenvalue weighted by atomic mass is 9.77. The zero-order valence-electron chi connectivity index (χ0n) is 26.1. The predicted molar refractivity (Wildman–Crippen MR) is 188 cm³/mol. The van der Waals surface area contributed by atoms with E-state index in [0.717, 1.165) is 17.1 Å². The molecule has 0 saturated carbocycles. The van der Waals surface area contributed by atoms with E-state index in [9.17, 15) is 0 Å². The van der Waals surface area contributed by atoms with E-state index in [2.05, 4.69) is 207 Å². The van der Waals surface area contributed by atoms with E-state index in [-0.39, 0.29) is 11.0 Å². The van der Waals surface area contributed by atoms with Gasteiger partial charge in [0.05, 0.1) is 5.54 Å². The second-order valence-corrected chi connectivity index (χ2v) is 12.3. The maximum Gasteiger partial charge on any atom is 0.0646 e. The van der Waals surface area contributed by atoms with Crippen molar-refractivity contribution in [1.82, 2.24) is 0 Å². The Morgan fingerprint density at radius 1 is 0.318 bits per heavy atom. The van der Waals surface area contributed by atoms with Crippen LogP contribution in [0.2, 0.25) is 0 Å². The molecule has 218 valence electrons. The Balaban J connectivity index is 1.30. The van der Waals surface area contributed by atoms with Gasteiger partial charge in [0.2, 0.25) is 0 Å². The monoisotopic (exact) mass is 572 g/mol. The smallest absolute Gasteiger partial charge is 0.0646 e. The molecule has 0 heterocycles. The van der Waals surface area contributed by atoms with Crippen LogP contribution in [0.1, 0.15) is 44.4 Å². The lowest BCUT2D eigenvalue weighted by Gasteiger charge is -2.41. The first-order valence-corrected chi connectivity index (χ1v) is 15.4. The van der Waals surface area contributed by atoms with E-state index < -0.39 is 0 Å². The van der Waals surface area contributed by atoms with Gasteiger partial charge in [-0.2, -0.15) is 0 Å². The summed E-state index contributed by atoms with van der Waals surface area (Å²) in [6.45, 7) is 9.23. The quantitative estimate of drug-likeness (QED) is 0.170. The summed E-state index contributed by atoms with van der Waals surface area (Å²) in [6.07, 6.45) is 0. The lowest BCUT2D eigenvalue weighted by molar-refractivity contribution is 0.534. The van der Waals surface area contributed by atoms with Gasteiger partial charge >= 0.3 is 0 Å². The zero-order valence-corrected chi connectivity index (χ0v) is 26.1. The van der Waals surface area contributed by atoms with Gasteiger partial charge in [-0.05, 0) is 91.2 Å². The number of hydrogen-bond acceptors (Lipinski definition) is 2. The average molecular weight is 573 g/mol. The molecular weight excluding hydrogens is 532 g/mol. The van der Waals surface area contributed by atoms with Gasteiger partial charge in [0.1, 0.15) is 0 Å². The summed E-state index contributed by atoms with van der Waals surface area (Å²) < 4.78 is 0. The fraction of sp³-hybridized carbons (Fsp3) is 0.143. The standard InChI is InChI=1S/C42H40N2/c1-41(2,34-29-31-38(32-30-34)43(36-17-9-5-10-18-36)37-19-11-6-12-20-37)33-25-27-35(28-26-33)42(3,4)44(39-21-13-7-14-22-39)40-23-15-8-16-24-40/h5-32H,1-4H3. The topological polar surface area (TPSA) is 6.48 Å². The summed E-state index contributed by atoms with van der Waals surface area (Å²) in [7, 11) is 0. The Hall–Kier alpha value is -5.08. The van der Waals surface area contributed by atoms with Gasteiger partial charge in [-0.1, -0.05) is 123 Å². The number of anilines is 5. The molecule has 0 amide bonds. The Morgan fingerprint density at radius 3 is 1.00 bits per heavy atom. The Kier molecular flexibility index (Phi) is 8.09. The van der Waals surface area contributed by atoms with Crippen molar-refractivity contribution in [2.24, 2.45) is 0 Å². The van der Waals surface area contributed by atoms with Gasteiger partial charge in [-0.25, -0.2) is 0 Å². The molecule has 0 N–H and O–H groups in total. The van der Waals surface area contributed by atoms with E-state index in [1.54, 1.807) is 0 Å². The average Bonchev–Trinajstić information content (AvgIpc) is 3.07. The van der Waals surface area contributed by atoms with E-state index in [4.69, 9.17) is 0 Å². The Labute approximate surface area is 262 Å². The highest BCUT2D eigenvalue weighted by Crippen LogP contribution is 2.41. The number of hydrogen-bond donors (Lipinski definition) is 0. The summed E-state index contributed by atoms with van der Waals surface area (Å²) in [5.74, 6) is 0. The molecule has 44 heavy (non-hydrogen) atoms. The fourth-order valence-corrected chi connectivity index (χ4v) is 6.17. The highest BCUT2D eigenvalue weighted by atomic mass is 15.2. The van der Waals surface area contributed by atoms with Crippen LogP contribution < -0.4 is 9.80 Å². The minimum absolute atomic E-state index is 0.163. The van der Waals surface area contributed by atoms with Gasteiger partial charge in [0.15, 0.2) is 0 Å². The van der Waals surface area contributed by atoms with Crippen LogP contribution in [0.4, 0.5) is 28.4 Å². The van der Waals surface area contributed by atoms with Gasteiger partial charge in [0.25, 0.3) is 0 Å². The van der Waals surface area contributed by atoms with Crippen molar-refractivity contribution in [3.63, 3.8) is 0 Å². The molecule has 0 aromatic heterocycles. The van der Waals surface area contributed by atoms with Gasteiger partial charge < -0.3 is 9.80 Å². The van der Waals surface area contributed by atoms with E-state index >= 15 is 0 Å². The molecule has 0 radical (unpaired) electrons. The number of rotatable bonds is 9. The Bertz CT molecular complexity index is 1680. The van der Waals surface area contributed by atoms with Crippen LogP contribution in [0, 0.1) is 0 Å². The first-order valence-electron chi connectivity index (χ1n) is 15.4. The molecule has 6 aromatic carbocycles. The molecule has 0 bridgehead atoms. The molecule has 0 atom stereocenters. The second-order valence-electron chi connectivity index (χ2n) is 12.3. The number of para-hydroxylation sites is 4. The predicted octanol–water partition coefficient (Wildman–Crippen LogP) is 11.6. The first-order chi connectivity index (χ1) is 21.4. The zero-order chi connectivity index (χ0) is 30.6. The highest BCUT2D eigenvalue weighted by molar-refractivity contribution is 5.76. The van der Waals surface area contributed by atoms with Crippen molar-refractivity contribution in [1.29, 1.82) is 0 Å². The minimum atomic E-state index is -0.272. The SMILES string of the molecule is CC(C)(c1ccc(N(c2ccccc2)c2ccccc2)cc1)c1ccc(C(C)(C)N(c2ccccc2)c2ccccc2)cc1. The molecule has 6 rings (SSSR count). The maximum atomic E-state index is 2.43. The second kappa shape index (κ2) is 12.3.